The van der Waals surface area contributed by atoms with E-state index in [2.05, 4.69) is 47.7 Å². The summed E-state index contributed by atoms with van der Waals surface area (Å²) in [6.07, 6.45) is 5.94. The van der Waals surface area contributed by atoms with Gasteiger partial charge in [0, 0.05) is 40.3 Å². The van der Waals surface area contributed by atoms with Crippen molar-refractivity contribution in [1.29, 1.82) is 0 Å². The molecular weight excluding hydrogens is 344 g/mol. The molecule has 5 rings (SSSR count). The molecule has 0 unspecified atom stereocenters. The van der Waals surface area contributed by atoms with Gasteiger partial charge in [-0.2, -0.15) is 0 Å². The van der Waals surface area contributed by atoms with Gasteiger partial charge < -0.3 is 9.88 Å². The Labute approximate surface area is 166 Å². The largest absolute Gasteiger partial charge is 0.340 e. The van der Waals surface area contributed by atoms with Crippen molar-refractivity contribution in [2.75, 3.05) is 13.1 Å². The number of aryl methyl sites for hydroxylation is 3. The standard InChI is InChI=1S/C25H28N2O/c1-3-13-26-14-4-15-27-21-10-7-17-16(2)5-6-19(17)24(21)25-20-9-12-23(28)18(20)8-11-22(25)27/h7-8,10-11,26H,2-6,9,12-15H2,1H3. The Morgan fingerprint density at radius 3 is 2.36 bits per heavy atom. The van der Waals surface area contributed by atoms with Crippen molar-refractivity contribution in [2.45, 2.75) is 52.0 Å². The second kappa shape index (κ2) is 6.89. The molecule has 2 aromatic carbocycles. The first-order valence-electron chi connectivity index (χ1n) is 10.7. The Kier molecular flexibility index (Phi) is 4.36. The van der Waals surface area contributed by atoms with E-state index in [0.29, 0.717) is 12.2 Å². The molecule has 0 radical (unpaired) electrons. The van der Waals surface area contributed by atoms with E-state index >= 15 is 0 Å². The van der Waals surface area contributed by atoms with Crippen molar-refractivity contribution in [3.8, 4) is 0 Å². The topological polar surface area (TPSA) is 34.0 Å². The second-order valence-corrected chi connectivity index (χ2v) is 8.25. The minimum atomic E-state index is 0.304. The number of aromatic nitrogens is 1. The third-order valence-electron chi connectivity index (χ3n) is 6.54. The lowest BCUT2D eigenvalue weighted by Crippen LogP contribution is -2.17. The number of hydrogen-bond donors (Lipinski definition) is 1. The number of hydrogen-bond acceptors (Lipinski definition) is 2. The lowest BCUT2D eigenvalue weighted by molar-refractivity contribution is 0.0994. The number of nitrogens with one attached hydrogen (secondary N) is 1. The molecule has 2 aliphatic carbocycles. The van der Waals surface area contributed by atoms with E-state index in [0.717, 1.165) is 50.9 Å². The highest BCUT2D eigenvalue weighted by atomic mass is 16.1. The Hall–Kier alpha value is -2.39. The van der Waals surface area contributed by atoms with E-state index in [1.165, 1.54) is 50.5 Å². The molecule has 1 heterocycles. The van der Waals surface area contributed by atoms with Crippen LogP contribution in [-0.2, 0) is 19.4 Å². The van der Waals surface area contributed by atoms with Gasteiger partial charge in [0.15, 0.2) is 5.78 Å². The molecule has 0 fully saturated rings. The Morgan fingerprint density at radius 2 is 1.61 bits per heavy atom. The van der Waals surface area contributed by atoms with Gasteiger partial charge in [0.1, 0.15) is 0 Å². The average Bonchev–Trinajstić information content (AvgIpc) is 3.36. The van der Waals surface area contributed by atoms with Gasteiger partial charge in [-0.15, -0.1) is 0 Å². The van der Waals surface area contributed by atoms with Crippen LogP contribution in [0.5, 0.6) is 0 Å². The zero-order valence-corrected chi connectivity index (χ0v) is 16.7. The highest BCUT2D eigenvalue weighted by Crippen LogP contribution is 2.43. The van der Waals surface area contributed by atoms with Crippen LogP contribution in [0.2, 0.25) is 0 Å². The number of Topliss-reactive ketones (excluding diaryl/α,β-unsaturated/α-hetero) is 1. The van der Waals surface area contributed by atoms with Crippen LogP contribution in [0.15, 0.2) is 30.8 Å². The van der Waals surface area contributed by atoms with Crippen molar-refractivity contribution in [1.82, 2.24) is 9.88 Å². The van der Waals surface area contributed by atoms with E-state index in [4.69, 9.17) is 0 Å². The Morgan fingerprint density at radius 1 is 0.929 bits per heavy atom. The summed E-state index contributed by atoms with van der Waals surface area (Å²) >= 11 is 0. The molecule has 3 nitrogen and oxygen atoms in total. The van der Waals surface area contributed by atoms with Crippen LogP contribution in [0.4, 0.5) is 0 Å². The molecule has 0 saturated carbocycles. The summed E-state index contributed by atoms with van der Waals surface area (Å²) < 4.78 is 2.49. The van der Waals surface area contributed by atoms with Gasteiger partial charge >= 0.3 is 0 Å². The molecule has 1 aromatic heterocycles. The summed E-state index contributed by atoms with van der Waals surface area (Å²) in [5, 5.41) is 6.25. The number of rotatable bonds is 6. The highest BCUT2D eigenvalue weighted by molar-refractivity contribution is 6.17. The maximum Gasteiger partial charge on any atom is 0.163 e. The number of allylic oxidation sites excluding steroid dienone is 1. The zero-order chi connectivity index (χ0) is 19.3. The van der Waals surface area contributed by atoms with Crippen molar-refractivity contribution >= 4 is 33.2 Å². The Balaban J connectivity index is 1.71. The molecule has 1 N–H and O–H groups in total. The molecule has 144 valence electrons. The Bertz CT molecular complexity index is 1040. The number of benzene rings is 2. The monoisotopic (exact) mass is 372 g/mol. The van der Waals surface area contributed by atoms with E-state index in [9.17, 15) is 4.79 Å². The van der Waals surface area contributed by atoms with Crippen molar-refractivity contribution in [3.05, 3.63) is 53.1 Å². The van der Waals surface area contributed by atoms with E-state index < -0.39 is 0 Å². The first-order valence-corrected chi connectivity index (χ1v) is 10.7. The average molecular weight is 373 g/mol. The first-order chi connectivity index (χ1) is 13.7. The number of carbonyl (C=O) groups excluding carboxylic acids is 1. The summed E-state index contributed by atoms with van der Waals surface area (Å²) in [6.45, 7) is 9.61. The van der Waals surface area contributed by atoms with E-state index in [-0.39, 0.29) is 0 Å². The van der Waals surface area contributed by atoms with Crippen molar-refractivity contribution in [3.63, 3.8) is 0 Å². The molecule has 2 aliphatic rings. The van der Waals surface area contributed by atoms with Crippen LogP contribution in [0.1, 0.15) is 59.7 Å². The first kappa shape index (κ1) is 17.7. The SMILES string of the molecule is C=C1CCc2c1ccc1c2c2c3c(ccc2n1CCCNCCC)C(=O)CC3. The molecule has 0 spiro atoms. The molecule has 0 bridgehead atoms. The number of nitrogens with zero attached hydrogens (tertiary/aromatic N) is 1. The van der Waals surface area contributed by atoms with E-state index in [1.807, 2.05) is 0 Å². The minimum Gasteiger partial charge on any atom is -0.340 e. The molecule has 0 atom stereocenters. The van der Waals surface area contributed by atoms with Gasteiger partial charge in [-0.25, -0.2) is 0 Å². The molecule has 28 heavy (non-hydrogen) atoms. The molecule has 3 aromatic rings. The summed E-state index contributed by atoms with van der Waals surface area (Å²) in [5.41, 5.74) is 8.88. The number of fused-ring (bicyclic) bond motifs is 7. The second-order valence-electron chi connectivity index (χ2n) is 8.25. The van der Waals surface area contributed by atoms with Gasteiger partial charge in [-0.3, -0.25) is 4.79 Å². The molecule has 0 aliphatic heterocycles. The molecule has 3 heteroatoms. The van der Waals surface area contributed by atoms with Crippen molar-refractivity contribution < 1.29 is 4.79 Å². The summed E-state index contributed by atoms with van der Waals surface area (Å²) in [5.74, 6) is 0.304. The van der Waals surface area contributed by atoms with Crippen LogP contribution in [0.25, 0.3) is 27.4 Å². The fraction of sp³-hybridized carbons (Fsp3) is 0.400. The van der Waals surface area contributed by atoms with Crippen LogP contribution >= 0.6 is 0 Å². The van der Waals surface area contributed by atoms with Gasteiger partial charge in [-0.1, -0.05) is 19.6 Å². The van der Waals surface area contributed by atoms with E-state index in [1.54, 1.807) is 0 Å². The van der Waals surface area contributed by atoms with Gasteiger partial charge in [0.25, 0.3) is 0 Å². The predicted molar refractivity (Wildman–Crippen MR) is 117 cm³/mol. The lowest BCUT2D eigenvalue weighted by atomic mass is 9.97. The third-order valence-corrected chi connectivity index (χ3v) is 6.54. The fourth-order valence-electron chi connectivity index (χ4n) is 5.21. The highest BCUT2D eigenvalue weighted by Gasteiger charge is 2.27. The quantitative estimate of drug-likeness (QED) is 0.598. The van der Waals surface area contributed by atoms with Crippen LogP contribution in [0.3, 0.4) is 0 Å². The maximum absolute atomic E-state index is 12.4. The third kappa shape index (κ3) is 2.56. The molecule has 0 saturated heterocycles. The lowest BCUT2D eigenvalue weighted by Gasteiger charge is -2.09. The predicted octanol–water partition coefficient (Wildman–Crippen LogP) is 5.27. The van der Waals surface area contributed by atoms with Crippen LogP contribution in [-0.4, -0.2) is 23.4 Å². The zero-order valence-electron chi connectivity index (χ0n) is 16.7. The van der Waals surface area contributed by atoms with Gasteiger partial charge in [0.05, 0.1) is 0 Å². The fourth-order valence-corrected chi connectivity index (χ4v) is 5.21. The summed E-state index contributed by atoms with van der Waals surface area (Å²) in [4.78, 5) is 12.4. The smallest absolute Gasteiger partial charge is 0.163 e. The van der Waals surface area contributed by atoms with Crippen LogP contribution in [0, 0.1) is 0 Å². The molecule has 0 amide bonds. The van der Waals surface area contributed by atoms with Crippen molar-refractivity contribution in [2.24, 2.45) is 0 Å². The van der Waals surface area contributed by atoms with Crippen LogP contribution < -0.4 is 5.32 Å². The minimum absolute atomic E-state index is 0.304. The summed E-state index contributed by atoms with van der Waals surface area (Å²) in [7, 11) is 0. The molecular formula is C25H28N2O. The number of ketones is 1. The summed E-state index contributed by atoms with van der Waals surface area (Å²) in [6, 6.07) is 8.81. The normalized spacial score (nSPS) is 15.8. The number of carbonyl (C=O) groups is 1. The van der Waals surface area contributed by atoms with Gasteiger partial charge in [-0.05, 0) is 85.7 Å². The maximum atomic E-state index is 12.4. The van der Waals surface area contributed by atoms with Gasteiger partial charge in [0.2, 0.25) is 0 Å².